The van der Waals surface area contributed by atoms with Crippen LogP contribution in [0.3, 0.4) is 0 Å². The number of likely N-dealkylation sites (tertiary alicyclic amines) is 1. The Balaban J connectivity index is 1.96. The molecule has 0 spiro atoms. The zero-order valence-corrected chi connectivity index (χ0v) is 10.9. The van der Waals surface area contributed by atoms with Gasteiger partial charge < -0.3 is 5.73 Å². The molecule has 2 rings (SSSR count). The maximum Gasteiger partial charge on any atom is 0.0331 e. The quantitative estimate of drug-likeness (QED) is 0.798. The Kier molecular flexibility index (Phi) is 4.26. The predicted octanol–water partition coefficient (Wildman–Crippen LogP) is 2.77. The van der Waals surface area contributed by atoms with Crippen molar-refractivity contribution in [3.8, 4) is 0 Å². The van der Waals surface area contributed by atoms with Crippen molar-refractivity contribution in [1.82, 2.24) is 4.90 Å². The topological polar surface area (TPSA) is 29.3 Å². The molecule has 2 nitrogen and oxygen atoms in total. The molecular formula is C14H28N2. The first kappa shape index (κ1) is 12.4. The molecule has 0 amide bonds. The first-order valence-electron chi connectivity index (χ1n) is 7.26. The highest BCUT2D eigenvalue weighted by Crippen LogP contribution is 2.38. The lowest BCUT2D eigenvalue weighted by atomic mass is 9.74. The number of hydrogen-bond acceptors (Lipinski definition) is 2. The van der Waals surface area contributed by atoms with E-state index in [1.54, 1.807) is 0 Å². The van der Waals surface area contributed by atoms with Gasteiger partial charge in [-0.3, -0.25) is 4.90 Å². The molecule has 1 aliphatic carbocycles. The Hall–Kier alpha value is -0.0800. The van der Waals surface area contributed by atoms with Crippen LogP contribution in [-0.4, -0.2) is 30.1 Å². The highest BCUT2D eigenvalue weighted by atomic mass is 15.2. The Bertz CT molecular complexity index is 201. The van der Waals surface area contributed by atoms with Crippen molar-refractivity contribution in [3.05, 3.63) is 0 Å². The fraction of sp³-hybridized carbons (Fsp3) is 1.00. The molecule has 1 heterocycles. The molecule has 2 heteroatoms. The van der Waals surface area contributed by atoms with Crippen LogP contribution >= 0.6 is 0 Å². The van der Waals surface area contributed by atoms with Crippen LogP contribution in [0.25, 0.3) is 0 Å². The third kappa shape index (κ3) is 2.43. The zero-order chi connectivity index (χ0) is 11.4. The lowest BCUT2D eigenvalue weighted by Crippen LogP contribution is -2.57. The number of nitrogens with two attached hydrogens (primary N) is 1. The van der Waals surface area contributed by atoms with Crippen molar-refractivity contribution in [2.24, 2.45) is 11.7 Å². The fourth-order valence-electron chi connectivity index (χ4n) is 3.64. The van der Waals surface area contributed by atoms with Gasteiger partial charge in [-0.1, -0.05) is 19.8 Å². The van der Waals surface area contributed by atoms with Gasteiger partial charge in [0.15, 0.2) is 0 Å². The maximum absolute atomic E-state index is 6.11. The molecule has 0 unspecified atom stereocenters. The molecule has 2 aliphatic rings. The van der Waals surface area contributed by atoms with E-state index >= 15 is 0 Å². The molecular weight excluding hydrogens is 196 g/mol. The Morgan fingerprint density at radius 1 is 1.12 bits per heavy atom. The average Bonchev–Trinajstić information content (AvgIpc) is 2.40. The van der Waals surface area contributed by atoms with Gasteiger partial charge in [0.25, 0.3) is 0 Å². The second-order valence-corrected chi connectivity index (χ2v) is 5.83. The molecule has 1 saturated heterocycles. The van der Waals surface area contributed by atoms with Gasteiger partial charge in [0.2, 0.25) is 0 Å². The van der Waals surface area contributed by atoms with E-state index in [0.29, 0.717) is 5.54 Å². The Morgan fingerprint density at radius 2 is 1.75 bits per heavy atom. The van der Waals surface area contributed by atoms with Crippen LogP contribution in [0.5, 0.6) is 0 Å². The highest BCUT2D eigenvalue weighted by Gasteiger charge is 2.38. The minimum atomic E-state index is 0.381. The second kappa shape index (κ2) is 5.50. The number of piperidine rings is 1. The largest absolute Gasteiger partial charge is 0.329 e. The van der Waals surface area contributed by atoms with E-state index in [1.165, 1.54) is 64.5 Å². The van der Waals surface area contributed by atoms with E-state index in [0.717, 1.165) is 12.5 Å². The number of hydrogen-bond donors (Lipinski definition) is 1. The van der Waals surface area contributed by atoms with Crippen LogP contribution in [0.4, 0.5) is 0 Å². The lowest BCUT2D eigenvalue weighted by molar-refractivity contribution is 0.0271. The fourth-order valence-corrected chi connectivity index (χ4v) is 3.64. The highest BCUT2D eigenvalue weighted by molar-refractivity contribution is 4.96. The van der Waals surface area contributed by atoms with E-state index in [9.17, 15) is 0 Å². The third-order valence-corrected chi connectivity index (χ3v) is 5.02. The molecule has 0 bridgehead atoms. The van der Waals surface area contributed by atoms with E-state index in [2.05, 4.69) is 11.8 Å². The van der Waals surface area contributed by atoms with E-state index < -0.39 is 0 Å². The van der Waals surface area contributed by atoms with Crippen molar-refractivity contribution < 1.29 is 0 Å². The third-order valence-electron chi connectivity index (χ3n) is 5.02. The van der Waals surface area contributed by atoms with Gasteiger partial charge in [-0.25, -0.2) is 0 Å². The molecule has 94 valence electrons. The minimum Gasteiger partial charge on any atom is -0.329 e. The van der Waals surface area contributed by atoms with Crippen LogP contribution in [0.2, 0.25) is 0 Å². The van der Waals surface area contributed by atoms with Crippen LogP contribution in [0.1, 0.15) is 58.3 Å². The molecule has 16 heavy (non-hydrogen) atoms. The molecule has 0 aromatic rings. The summed E-state index contributed by atoms with van der Waals surface area (Å²) in [4.78, 5) is 2.72. The zero-order valence-electron chi connectivity index (χ0n) is 10.9. The van der Waals surface area contributed by atoms with Gasteiger partial charge >= 0.3 is 0 Å². The van der Waals surface area contributed by atoms with E-state index in [4.69, 9.17) is 5.73 Å². The first-order chi connectivity index (χ1) is 7.80. The first-order valence-corrected chi connectivity index (χ1v) is 7.26. The Morgan fingerprint density at radius 3 is 2.25 bits per heavy atom. The SMILES string of the molecule is CCC1CCC(CN)(N2CCCCC2)CC1. The number of nitrogens with zero attached hydrogens (tertiary/aromatic N) is 1. The van der Waals surface area contributed by atoms with Gasteiger partial charge in [-0.05, 0) is 57.5 Å². The summed E-state index contributed by atoms with van der Waals surface area (Å²) in [6.07, 6.45) is 11.1. The second-order valence-electron chi connectivity index (χ2n) is 5.83. The van der Waals surface area contributed by atoms with E-state index in [1.807, 2.05) is 0 Å². The molecule has 0 atom stereocenters. The van der Waals surface area contributed by atoms with Crippen molar-refractivity contribution >= 4 is 0 Å². The maximum atomic E-state index is 6.11. The summed E-state index contributed by atoms with van der Waals surface area (Å²) in [6, 6.07) is 0. The van der Waals surface area contributed by atoms with Crippen LogP contribution in [0, 0.1) is 5.92 Å². The van der Waals surface area contributed by atoms with Gasteiger partial charge in [-0.15, -0.1) is 0 Å². The normalized spacial score (nSPS) is 37.5. The summed E-state index contributed by atoms with van der Waals surface area (Å²) in [6.45, 7) is 5.81. The van der Waals surface area contributed by atoms with Gasteiger partial charge in [0.1, 0.15) is 0 Å². The average molecular weight is 224 g/mol. The van der Waals surface area contributed by atoms with Crippen LogP contribution in [0.15, 0.2) is 0 Å². The van der Waals surface area contributed by atoms with Gasteiger partial charge in [0, 0.05) is 12.1 Å². The standard InChI is InChI=1S/C14H28N2/c1-2-13-6-8-14(12-15,9-7-13)16-10-4-3-5-11-16/h13H,2-12,15H2,1H3. The Labute approximate surface area is 101 Å². The predicted molar refractivity (Wildman–Crippen MR) is 69.5 cm³/mol. The molecule has 1 saturated carbocycles. The summed E-state index contributed by atoms with van der Waals surface area (Å²) in [5.74, 6) is 0.976. The van der Waals surface area contributed by atoms with Gasteiger partial charge in [-0.2, -0.15) is 0 Å². The van der Waals surface area contributed by atoms with Crippen LogP contribution < -0.4 is 5.73 Å². The molecule has 0 radical (unpaired) electrons. The van der Waals surface area contributed by atoms with Crippen molar-refractivity contribution in [3.63, 3.8) is 0 Å². The molecule has 2 fully saturated rings. The molecule has 1 aliphatic heterocycles. The summed E-state index contributed by atoms with van der Waals surface area (Å²) in [5, 5.41) is 0. The van der Waals surface area contributed by atoms with Crippen LogP contribution in [-0.2, 0) is 0 Å². The summed E-state index contributed by atoms with van der Waals surface area (Å²) < 4.78 is 0. The van der Waals surface area contributed by atoms with Crippen molar-refractivity contribution in [2.75, 3.05) is 19.6 Å². The van der Waals surface area contributed by atoms with Crippen molar-refractivity contribution in [1.29, 1.82) is 0 Å². The summed E-state index contributed by atoms with van der Waals surface area (Å²) in [7, 11) is 0. The van der Waals surface area contributed by atoms with Gasteiger partial charge in [0.05, 0.1) is 0 Å². The summed E-state index contributed by atoms with van der Waals surface area (Å²) >= 11 is 0. The monoisotopic (exact) mass is 224 g/mol. The summed E-state index contributed by atoms with van der Waals surface area (Å²) in [5.41, 5.74) is 6.50. The molecule has 0 aromatic carbocycles. The lowest BCUT2D eigenvalue weighted by Gasteiger charge is -2.49. The molecule has 0 aromatic heterocycles. The van der Waals surface area contributed by atoms with Crippen molar-refractivity contribution in [2.45, 2.75) is 63.8 Å². The van der Waals surface area contributed by atoms with E-state index in [-0.39, 0.29) is 0 Å². The minimum absolute atomic E-state index is 0.381. The smallest absolute Gasteiger partial charge is 0.0331 e. The number of rotatable bonds is 3. The molecule has 2 N–H and O–H groups in total.